The van der Waals surface area contributed by atoms with E-state index in [1.54, 1.807) is 13.0 Å². The van der Waals surface area contributed by atoms with Gasteiger partial charge in [-0.2, -0.15) is 0 Å². The molecule has 3 N–H and O–H groups in total. The van der Waals surface area contributed by atoms with Gasteiger partial charge in [0, 0.05) is 16.8 Å². The molecule has 0 aliphatic rings. The van der Waals surface area contributed by atoms with E-state index in [0.717, 1.165) is 10.7 Å². The van der Waals surface area contributed by atoms with Crippen LogP contribution in [0.4, 0.5) is 4.39 Å². The summed E-state index contributed by atoms with van der Waals surface area (Å²) in [6.45, 7) is 1.58. The molecule has 18 heavy (non-hydrogen) atoms. The summed E-state index contributed by atoms with van der Waals surface area (Å²) in [7, 11) is -3.21. The average Bonchev–Trinajstić information content (AvgIpc) is 2.28. The van der Waals surface area contributed by atoms with Gasteiger partial charge in [-0.25, -0.2) is 12.8 Å². The Kier molecular flexibility index (Phi) is 5.27. The molecule has 1 rings (SSSR count). The molecule has 102 valence electrons. The molecule has 1 aromatic carbocycles. The van der Waals surface area contributed by atoms with Crippen molar-refractivity contribution in [3.05, 3.63) is 34.1 Å². The summed E-state index contributed by atoms with van der Waals surface area (Å²) in [6, 6.07) is 3.81. The highest BCUT2D eigenvalue weighted by Gasteiger charge is 2.25. The quantitative estimate of drug-likeness (QED) is 0.628. The lowest BCUT2D eigenvalue weighted by Crippen LogP contribution is -2.47. The van der Waals surface area contributed by atoms with Crippen LogP contribution in [0.5, 0.6) is 0 Å². The van der Waals surface area contributed by atoms with Crippen LogP contribution < -0.4 is 11.3 Å². The summed E-state index contributed by atoms with van der Waals surface area (Å²) in [6.07, 6.45) is 1.48. The maximum Gasteiger partial charge on any atom is 0.151 e. The first-order chi connectivity index (χ1) is 8.25. The molecule has 0 aromatic heterocycles. The zero-order valence-electron chi connectivity index (χ0n) is 10.2. The Bertz CT molecular complexity index is 522. The summed E-state index contributed by atoms with van der Waals surface area (Å²) in [5.41, 5.74) is 3.16. The third kappa shape index (κ3) is 4.01. The zero-order chi connectivity index (χ0) is 13.9. The van der Waals surface area contributed by atoms with E-state index in [0.29, 0.717) is 12.0 Å². The predicted molar refractivity (Wildman–Crippen MR) is 73.2 cm³/mol. The van der Waals surface area contributed by atoms with Gasteiger partial charge in [0.15, 0.2) is 9.84 Å². The number of hydrogen-bond donors (Lipinski definition) is 2. The summed E-state index contributed by atoms with van der Waals surface area (Å²) in [4.78, 5) is 0. The molecule has 1 aromatic rings. The van der Waals surface area contributed by atoms with Crippen LogP contribution in [-0.4, -0.2) is 26.0 Å². The molecule has 2 atom stereocenters. The van der Waals surface area contributed by atoms with E-state index >= 15 is 0 Å². The molecule has 0 aliphatic heterocycles. The molecular weight excluding hydrogens is 323 g/mol. The summed E-state index contributed by atoms with van der Waals surface area (Å²) in [5, 5.41) is -0.655. The van der Waals surface area contributed by atoms with Crippen LogP contribution in [0.3, 0.4) is 0 Å². The standard InChI is InChI=1S/C11H16BrFN2O2S/c1-7(18(2,16)17)11(15-14)6-8-5-9(13)3-4-10(8)12/h3-5,7,11,15H,6,14H2,1-2H3. The molecule has 7 heteroatoms. The number of rotatable bonds is 5. The van der Waals surface area contributed by atoms with E-state index in [9.17, 15) is 12.8 Å². The van der Waals surface area contributed by atoms with Crippen molar-refractivity contribution in [1.29, 1.82) is 0 Å². The molecule has 0 fully saturated rings. The highest BCUT2D eigenvalue weighted by molar-refractivity contribution is 9.10. The van der Waals surface area contributed by atoms with Crippen molar-refractivity contribution in [2.24, 2.45) is 5.84 Å². The molecular formula is C11H16BrFN2O2S. The fourth-order valence-corrected chi connectivity index (χ4v) is 2.78. The van der Waals surface area contributed by atoms with Crippen molar-refractivity contribution >= 4 is 25.8 Å². The van der Waals surface area contributed by atoms with Crippen molar-refractivity contribution in [1.82, 2.24) is 5.43 Å². The van der Waals surface area contributed by atoms with Crippen LogP contribution in [-0.2, 0) is 16.3 Å². The Morgan fingerprint density at radius 3 is 2.61 bits per heavy atom. The van der Waals surface area contributed by atoms with E-state index in [1.807, 2.05) is 0 Å². The molecule has 0 saturated carbocycles. The van der Waals surface area contributed by atoms with E-state index in [2.05, 4.69) is 21.4 Å². The number of halogens is 2. The van der Waals surface area contributed by atoms with Gasteiger partial charge < -0.3 is 0 Å². The Morgan fingerprint density at radius 1 is 1.50 bits per heavy atom. The normalized spacial score (nSPS) is 15.4. The molecule has 2 unspecified atom stereocenters. The van der Waals surface area contributed by atoms with Gasteiger partial charge in [-0.15, -0.1) is 0 Å². The maximum atomic E-state index is 13.1. The Balaban J connectivity index is 2.96. The first-order valence-corrected chi connectivity index (χ1v) is 8.09. The molecule has 0 saturated heterocycles. The summed E-state index contributed by atoms with van der Waals surface area (Å²) >= 11 is 3.30. The monoisotopic (exact) mass is 338 g/mol. The van der Waals surface area contributed by atoms with Crippen molar-refractivity contribution in [2.75, 3.05) is 6.26 Å². The zero-order valence-corrected chi connectivity index (χ0v) is 12.6. The van der Waals surface area contributed by atoms with Gasteiger partial charge in [-0.1, -0.05) is 15.9 Å². The van der Waals surface area contributed by atoms with Gasteiger partial charge in [0.1, 0.15) is 5.82 Å². The van der Waals surface area contributed by atoms with Crippen molar-refractivity contribution < 1.29 is 12.8 Å². The number of benzene rings is 1. The van der Waals surface area contributed by atoms with E-state index < -0.39 is 21.1 Å². The third-order valence-electron chi connectivity index (χ3n) is 2.90. The second kappa shape index (κ2) is 6.10. The second-order valence-corrected chi connectivity index (χ2v) is 7.50. The van der Waals surface area contributed by atoms with Crippen LogP contribution >= 0.6 is 15.9 Å². The smallest absolute Gasteiger partial charge is 0.151 e. The number of hydrogen-bond acceptors (Lipinski definition) is 4. The maximum absolute atomic E-state index is 13.1. The largest absolute Gasteiger partial charge is 0.271 e. The number of hydrazine groups is 1. The molecule has 0 radical (unpaired) electrons. The van der Waals surface area contributed by atoms with Crippen molar-refractivity contribution in [2.45, 2.75) is 24.6 Å². The summed E-state index contributed by atoms with van der Waals surface area (Å²) in [5.74, 6) is 5.02. The minimum absolute atomic E-state index is 0.322. The fraction of sp³-hybridized carbons (Fsp3) is 0.455. The van der Waals surface area contributed by atoms with Crippen LogP contribution in [0.25, 0.3) is 0 Å². The van der Waals surface area contributed by atoms with E-state index in [-0.39, 0.29) is 5.82 Å². The second-order valence-electron chi connectivity index (χ2n) is 4.25. The van der Waals surface area contributed by atoms with Crippen LogP contribution in [0.2, 0.25) is 0 Å². The lowest BCUT2D eigenvalue weighted by atomic mass is 10.0. The number of nitrogens with two attached hydrogens (primary N) is 1. The molecule has 0 aliphatic carbocycles. The first kappa shape index (κ1) is 15.6. The van der Waals surface area contributed by atoms with Crippen molar-refractivity contribution in [3.8, 4) is 0 Å². The van der Waals surface area contributed by atoms with Gasteiger partial charge >= 0.3 is 0 Å². The van der Waals surface area contributed by atoms with Crippen LogP contribution in [0, 0.1) is 5.82 Å². The Morgan fingerprint density at radius 2 is 2.11 bits per heavy atom. The third-order valence-corrected chi connectivity index (χ3v) is 5.36. The average molecular weight is 339 g/mol. The van der Waals surface area contributed by atoms with Crippen LogP contribution in [0.15, 0.2) is 22.7 Å². The fourth-order valence-electron chi connectivity index (χ4n) is 1.60. The van der Waals surface area contributed by atoms with E-state index in [4.69, 9.17) is 5.84 Å². The lowest BCUT2D eigenvalue weighted by Gasteiger charge is -2.22. The van der Waals surface area contributed by atoms with Gasteiger partial charge in [0.25, 0.3) is 0 Å². The SMILES string of the molecule is CC(C(Cc1cc(F)ccc1Br)NN)S(C)(=O)=O. The molecule has 4 nitrogen and oxygen atoms in total. The molecule has 0 bridgehead atoms. The molecule has 0 amide bonds. The number of sulfone groups is 1. The van der Waals surface area contributed by atoms with Gasteiger partial charge in [0.05, 0.1) is 5.25 Å². The molecule has 0 spiro atoms. The highest BCUT2D eigenvalue weighted by Crippen LogP contribution is 2.21. The Labute approximate surface area is 115 Å². The minimum Gasteiger partial charge on any atom is -0.271 e. The lowest BCUT2D eigenvalue weighted by molar-refractivity contribution is 0.492. The minimum atomic E-state index is -3.21. The Hall–Kier alpha value is -0.500. The van der Waals surface area contributed by atoms with Crippen LogP contribution in [0.1, 0.15) is 12.5 Å². The topological polar surface area (TPSA) is 72.2 Å². The van der Waals surface area contributed by atoms with Gasteiger partial charge in [-0.05, 0) is 37.1 Å². The first-order valence-electron chi connectivity index (χ1n) is 5.34. The van der Waals surface area contributed by atoms with E-state index in [1.165, 1.54) is 12.1 Å². The summed E-state index contributed by atoms with van der Waals surface area (Å²) < 4.78 is 36.9. The molecule has 0 heterocycles. The number of nitrogens with one attached hydrogen (secondary N) is 1. The van der Waals surface area contributed by atoms with Gasteiger partial charge in [0.2, 0.25) is 0 Å². The highest BCUT2D eigenvalue weighted by atomic mass is 79.9. The van der Waals surface area contributed by atoms with Gasteiger partial charge in [-0.3, -0.25) is 11.3 Å². The predicted octanol–water partition coefficient (Wildman–Crippen LogP) is 1.40. The van der Waals surface area contributed by atoms with Crippen molar-refractivity contribution in [3.63, 3.8) is 0 Å².